The van der Waals surface area contributed by atoms with Gasteiger partial charge in [0.25, 0.3) is 0 Å². The lowest BCUT2D eigenvalue weighted by Gasteiger charge is -2.41. The Morgan fingerprint density at radius 1 is 1.09 bits per heavy atom. The van der Waals surface area contributed by atoms with Crippen LogP contribution in [0.2, 0.25) is 0 Å². The van der Waals surface area contributed by atoms with Gasteiger partial charge in [-0.2, -0.15) is 4.98 Å². The Morgan fingerprint density at radius 2 is 1.91 bits per heavy atom. The largest absolute Gasteiger partial charge is 0.378 e. The lowest BCUT2D eigenvalue weighted by Crippen LogP contribution is -2.42. The first-order valence-corrected chi connectivity index (χ1v) is 11.7. The van der Waals surface area contributed by atoms with E-state index in [4.69, 9.17) is 14.7 Å². The van der Waals surface area contributed by atoms with Crippen LogP contribution in [0.1, 0.15) is 56.7 Å². The highest BCUT2D eigenvalue weighted by atomic mass is 16.5. The number of aryl methyl sites for hydroxylation is 1. The van der Waals surface area contributed by atoms with Crippen LogP contribution in [0, 0.1) is 6.92 Å². The molecular weight excluding hydrogens is 406 g/mol. The van der Waals surface area contributed by atoms with Crippen molar-refractivity contribution in [2.45, 2.75) is 58.0 Å². The smallest absolute Gasteiger partial charge is 0.238 e. The van der Waals surface area contributed by atoms with Crippen molar-refractivity contribution in [3.05, 3.63) is 30.2 Å². The molecule has 0 spiro atoms. The number of imidazole rings is 1. The lowest BCUT2D eigenvalue weighted by atomic mass is 10.0. The summed E-state index contributed by atoms with van der Waals surface area (Å²) in [7, 11) is 0. The van der Waals surface area contributed by atoms with Crippen LogP contribution in [-0.4, -0.2) is 66.6 Å². The molecule has 0 aromatic carbocycles. The summed E-state index contributed by atoms with van der Waals surface area (Å²) in [5, 5.41) is 8.96. The zero-order chi connectivity index (χ0) is 21.7. The Balaban J connectivity index is 1.48. The van der Waals surface area contributed by atoms with Gasteiger partial charge in [-0.15, -0.1) is 10.2 Å². The molecule has 0 unspecified atom stereocenters. The summed E-state index contributed by atoms with van der Waals surface area (Å²) in [5.74, 6) is 4.36. The molecule has 168 valence electrons. The zero-order valence-electron chi connectivity index (χ0n) is 18.7. The number of aromatic nitrogens is 7. The molecule has 3 aromatic rings. The summed E-state index contributed by atoms with van der Waals surface area (Å²) in [4.78, 5) is 19.3. The molecule has 0 radical (unpaired) electrons. The minimum Gasteiger partial charge on any atom is -0.378 e. The first-order valence-electron chi connectivity index (χ1n) is 11.7. The average molecular weight is 436 g/mol. The van der Waals surface area contributed by atoms with E-state index in [0.717, 1.165) is 48.6 Å². The third kappa shape index (κ3) is 3.00. The lowest BCUT2D eigenvalue weighted by molar-refractivity contribution is 0.122. The van der Waals surface area contributed by atoms with Gasteiger partial charge in [-0.1, -0.05) is 19.8 Å². The second-order valence-corrected chi connectivity index (χ2v) is 8.79. The van der Waals surface area contributed by atoms with Crippen LogP contribution in [0.15, 0.2) is 18.6 Å². The van der Waals surface area contributed by atoms with Crippen molar-refractivity contribution in [2.24, 2.45) is 0 Å². The van der Waals surface area contributed by atoms with Gasteiger partial charge in [0.2, 0.25) is 11.9 Å². The Bertz CT molecular complexity index is 1110. The fourth-order valence-electron chi connectivity index (χ4n) is 5.42. The number of morpholine rings is 1. The van der Waals surface area contributed by atoms with Gasteiger partial charge < -0.3 is 14.5 Å². The molecule has 5 heterocycles. The molecule has 1 atom stereocenters. The van der Waals surface area contributed by atoms with Gasteiger partial charge in [0.05, 0.1) is 25.5 Å². The van der Waals surface area contributed by atoms with E-state index in [-0.39, 0.29) is 6.04 Å². The Hall–Kier alpha value is -3.01. The maximum Gasteiger partial charge on any atom is 0.238 e. The molecular formula is C22H29N9O. The maximum atomic E-state index is 5.52. The van der Waals surface area contributed by atoms with E-state index < -0.39 is 0 Å². The third-order valence-corrected chi connectivity index (χ3v) is 6.94. The highest BCUT2D eigenvalue weighted by Crippen LogP contribution is 2.43. The standard InChI is InChI=1S/C22H29N9O/c1-3-17-20-27-26-15(2)30(20)18-14-24-21(25-19(18)31(17)16-6-4-5-7-16)29-9-8-23-22(29)28-10-12-32-13-11-28/h8-9,14,16-17H,3-7,10-13H2,1-2H3/t17-/m1/s1. The van der Waals surface area contributed by atoms with Gasteiger partial charge in [-0.25, -0.2) is 9.97 Å². The summed E-state index contributed by atoms with van der Waals surface area (Å²) < 4.78 is 9.65. The molecule has 1 aliphatic carbocycles. The zero-order valence-corrected chi connectivity index (χ0v) is 18.7. The fraction of sp³-hybridized carbons (Fsp3) is 0.591. The number of hydrogen-bond donors (Lipinski definition) is 0. The average Bonchev–Trinajstić information content (AvgIpc) is 3.60. The number of anilines is 2. The number of hydrogen-bond acceptors (Lipinski definition) is 8. The van der Waals surface area contributed by atoms with Crippen LogP contribution < -0.4 is 9.80 Å². The van der Waals surface area contributed by atoms with Crippen LogP contribution in [0.4, 0.5) is 11.8 Å². The van der Waals surface area contributed by atoms with Gasteiger partial charge in [0.1, 0.15) is 11.5 Å². The molecule has 32 heavy (non-hydrogen) atoms. The van der Waals surface area contributed by atoms with Gasteiger partial charge in [-0.05, 0) is 26.2 Å². The van der Waals surface area contributed by atoms with E-state index in [9.17, 15) is 0 Å². The highest BCUT2D eigenvalue weighted by molar-refractivity contribution is 5.63. The molecule has 2 fully saturated rings. The second kappa shape index (κ2) is 7.84. The molecule has 3 aromatic heterocycles. The van der Waals surface area contributed by atoms with Gasteiger partial charge in [0.15, 0.2) is 11.6 Å². The van der Waals surface area contributed by atoms with E-state index >= 15 is 0 Å². The number of rotatable bonds is 4. The van der Waals surface area contributed by atoms with Crippen molar-refractivity contribution in [3.63, 3.8) is 0 Å². The van der Waals surface area contributed by atoms with E-state index in [1.807, 2.05) is 30.1 Å². The van der Waals surface area contributed by atoms with Crippen molar-refractivity contribution in [1.29, 1.82) is 0 Å². The fourth-order valence-corrected chi connectivity index (χ4v) is 5.42. The van der Waals surface area contributed by atoms with Crippen LogP contribution in [0.3, 0.4) is 0 Å². The Labute approximate surface area is 187 Å². The minimum absolute atomic E-state index is 0.163. The predicted octanol–water partition coefficient (Wildman–Crippen LogP) is 2.60. The van der Waals surface area contributed by atoms with Crippen molar-refractivity contribution >= 4 is 11.8 Å². The first-order chi connectivity index (χ1) is 15.8. The molecule has 0 N–H and O–H groups in total. The predicted molar refractivity (Wildman–Crippen MR) is 120 cm³/mol. The van der Waals surface area contributed by atoms with E-state index in [2.05, 4.69) is 36.5 Å². The second-order valence-electron chi connectivity index (χ2n) is 8.79. The number of ether oxygens (including phenoxy) is 1. The quantitative estimate of drug-likeness (QED) is 0.618. The third-order valence-electron chi connectivity index (χ3n) is 6.94. The van der Waals surface area contributed by atoms with E-state index in [1.54, 1.807) is 0 Å². The monoisotopic (exact) mass is 435 g/mol. The molecule has 0 bridgehead atoms. The van der Waals surface area contributed by atoms with Crippen molar-refractivity contribution in [1.82, 2.24) is 34.3 Å². The van der Waals surface area contributed by atoms with Gasteiger partial charge in [-0.3, -0.25) is 9.13 Å². The first kappa shape index (κ1) is 19.7. The van der Waals surface area contributed by atoms with E-state index in [1.165, 1.54) is 25.7 Å². The van der Waals surface area contributed by atoms with Crippen LogP contribution >= 0.6 is 0 Å². The van der Waals surface area contributed by atoms with E-state index in [0.29, 0.717) is 25.2 Å². The van der Waals surface area contributed by atoms with Crippen molar-refractivity contribution in [2.75, 3.05) is 36.1 Å². The molecule has 6 rings (SSSR count). The topological polar surface area (TPSA) is 90.0 Å². The van der Waals surface area contributed by atoms with Crippen LogP contribution in [0.25, 0.3) is 11.6 Å². The minimum atomic E-state index is 0.163. The Morgan fingerprint density at radius 3 is 2.69 bits per heavy atom. The summed E-state index contributed by atoms with van der Waals surface area (Å²) in [5.41, 5.74) is 0.968. The van der Waals surface area contributed by atoms with Gasteiger partial charge in [0, 0.05) is 31.5 Å². The molecule has 1 saturated carbocycles. The van der Waals surface area contributed by atoms with Crippen LogP contribution in [0.5, 0.6) is 0 Å². The molecule has 2 aliphatic heterocycles. The number of nitrogens with zero attached hydrogens (tertiary/aromatic N) is 9. The molecule has 0 amide bonds. The summed E-state index contributed by atoms with van der Waals surface area (Å²) in [6.45, 7) is 7.27. The normalized spacial score (nSPS) is 21.1. The van der Waals surface area contributed by atoms with Gasteiger partial charge >= 0.3 is 0 Å². The molecule has 10 nitrogen and oxygen atoms in total. The Kier molecular flexibility index (Phi) is 4.82. The SMILES string of the molecule is CC[C@@H]1c2nnc(C)n2-c2cnc(-n3ccnc3N3CCOCC3)nc2N1C1CCCC1. The van der Waals surface area contributed by atoms with Crippen LogP contribution in [-0.2, 0) is 4.74 Å². The molecule has 10 heteroatoms. The summed E-state index contributed by atoms with van der Waals surface area (Å²) in [6.07, 6.45) is 11.5. The highest BCUT2D eigenvalue weighted by Gasteiger charge is 2.39. The molecule has 1 saturated heterocycles. The summed E-state index contributed by atoms with van der Waals surface area (Å²) in [6, 6.07) is 0.629. The van der Waals surface area contributed by atoms with Crippen molar-refractivity contribution in [3.8, 4) is 11.6 Å². The molecule has 3 aliphatic rings. The maximum absolute atomic E-state index is 5.52. The van der Waals surface area contributed by atoms with Crippen molar-refractivity contribution < 1.29 is 4.74 Å². The summed E-state index contributed by atoms with van der Waals surface area (Å²) >= 11 is 0. The number of fused-ring (bicyclic) bond motifs is 3.